The molecule has 0 saturated carbocycles. The SMILES string of the molecule is Cc1c(Cl)cc2c3c(c(=O)n(C)c2c1F)N(C1CN(C)C1)C(=O)C1CN(C)C(C)CN31. The summed E-state index contributed by atoms with van der Waals surface area (Å²) in [4.78, 5) is 35.3. The van der Waals surface area contributed by atoms with Crippen LogP contribution in [0.1, 0.15) is 12.5 Å². The minimum atomic E-state index is -0.490. The van der Waals surface area contributed by atoms with Gasteiger partial charge in [-0.15, -0.1) is 0 Å². The number of piperazine rings is 1. The number of carbonyl (C=O) groups excluding carboxylic acids is 1. The van der Waals surface area contributed by atoms with Gasteiger partial charge >= 0.3 is 0 Å². The van der Waals surface area contributed by atoms with Crippen LogP contribution in [0.3, 0.4) is 0 Å². The van der Waals surface area contributed by atoms with Gasteiger partial charge in [-0.2, -0.15) is 0 Å². The number of halogens is 2. The molecule has 7 nitrogen and oxygen atoms in total. The van der Waals surface area contributed by atoms with E-state index in [2.05, 4.69) is 16.7 Å². The molecule has 0 N–H and O–H groups in total. The number of benzene rings is 1. The second-order valence-electron chi connectivity index (χ2n) is 9.29. The zero-order chi connectivity index (χ0) is 22.4. The minimum absolute atomic E-state index is 0.0560. The van der Waals surface area contributed by atoms with Crippen LogP contribution in [0.5, 0.6) is 0 Å². The Balaban J connectivity index is 1.86. The molecule has 3 aliphatic heterocycles. The van der Waals surface area contributed by atoms with E-state index in [1.807, 2.05) is 19.0 Å². The molecule has 2 atom stereocenters. The lowest BCUT2D eigenvalue weighted by Gasteiger charge is -2.53. The van der Waals surface area contributed by atoms with E-state index < -0.39 is 11.9 Å². The summed E-state index contributed by atoms with van der Waals surface area (Å²) < 4.78 is 16.7. The van der Waals surface area contributed by atoms with E-state index in [1.54, 1.807) is 24.9 Å². The van der Waals surface area contributed by atoms with Crippen molar-refractivity contribution in [1.29, 1.82) is 0 Å². The number of hydrogen-bond donors (Lipinski definition) is 0. The van der Waals surface area contributed by atoms with E-state index in [9.17, 15) is 9.59 Å². The minimum Gasteiger partial charge on any atom is -0.354 e. The average Bonchev–Trinajstić information content (AvgIpc) is 2.69. The number of aryl methyl sites for hydroxylation is 1. The van der Waals surface area contributed by atoms with Crippen LogP contribution in [-0.4, -0.2) is 78.7 Å². The fraction of sp³-hybridized carbons (Fsp3) is 0.545. The molecular formula is C22H27ClFN5O2. The van der Waals surface area contributed by atoms with Gasteiger partial charge in [0.2, 0.25) is 0 Å². The zero-order valence-corrected chi connectivity index (χ0v) is 19.2. The second kappa shape index (κ2) is 6.92. The van der Waals surface area contributed by atoms with Crippen molar-refractivity contribution in [3.05, 3.63) is 32.8 Å². The highest BCUT2D eigenvalue weighted by Crippen LogP contribution is 2.44. The number of amides is 1. The maximum absolute atomic E-state index is 15.3. The fourth-order valence-electron chi connectivity index (χ4n) is 5.23. The maximum atomic E-state index is 15.3. The van der Waals surface area contributed by atoms with Gasteiger partial charge in [-0.25, -0.2) is 4.39 Å². The standard InChI is InChI=1S/C22H27ClFN5O2/c1-11-7-28-16(10-26(11)4)21(30)29(13-8-25(3)9-13)20-19(28)14-6-15(23)12(2)17(24)18(14)27(5)22(20)31/h6,11,13,16H,7-10H2,1-5H3. The number of rotatable bonds is 1. The second-order valence-corrected chi connectivity index (χ2v) is 9.70. The molecule has 1 amide bonds. The summed E-state index contributed by atoms with van der Waals surface area (Å²) in [5, 5.41) is 0.897. The van der Waals surface area contributed by atoms with Crippen molar-refractivity contribution >= 4 is 39.8 Å². The Morgan fingerprint density at radius 2 is 1.74 bits per heavy atom. The number of pyridine rings is 1. The van der Waals surface area contributed by atoms with Gasteiger partial charge in [0.1, 0.15) is 11.7 Å². The summed E-state index contributed by atoms with van der Waals surface area (Å²) in [5.41, 5.74) is 1.19. The van der Waals surface area contributed by atoms with Gasteiger partial charge in [0.05, 0.1) is 17.2 Å². The van der Waals surface area contributed by atoms with Crippen molar-refractivity contribution in [2.24, 2.45) is 7.05 Å². The summed E-state index contributed by atoms with van der Waals surface area (Å²) in [6.07, 6.45) is 0. The van der Waals surface area contributed by atoms with Gasteiger partial charge in [0.25, 0.3) is 11.5 Å². The number of likely N-dealkylation sites (tertiary alicyclic amines) is 1. The van der Waals surface area contributed by atoms with Crippen molar-refractivity contribution in [2.45, 2.75) is 32.0 Å². The monoisotopic (exact) mass is 447 g/mol. The van der Waals surface area contributed by atoms with Crippen LogP contribution in [0, 0.1) is 12.7 Å². The van der Waals surface area contributed by atoms with Gasteiger partial charge in [-0.05, 0) is 34.0 Å². The van der Waals surface area contributed by atoms with E-state index in [0.717, 1.165) is 0 Å². The summed E-state index contributed by atoms with van der Waals surface area (Å²) >= 11 is 6.40. The highest BCUT2D eigenvalue weighted by atomic mass is 35.5. The number of likely N-dealkylation sites (N-methyl/N-ethyl adjacent to an activating group) is 2. The van der Waals surface area contributed by atoms with Gasteiger partial charge < -0.3 is 14.4 Å². The molecule has 0 aliphatic carbocycles. The predicted octanol–water partition coefficient (Wildman–Crippen LogP) is 1.81. The molecule has 2 fully saturated rings. The van der Waals surface area contributed by atoms with Gasteiger partial charge in [0, 0.05) is 55.2 Å². The van der Waals surface area contributed by atoms with E-state index in [1.165, 1.54) is 4.57 Å². The first-order valence-corrected chi connectivity index (χ1v) is 11.0. The molecule has 2 aromatic rings. The molecule has 4 heterocycles. The summed E-state index contributed by atoms with van der Waals surface area (Å²) in [7, 11) is 5.56. The predicted molar refractivity (Wildman–Crippen MR) is 121 cm³/mol. The molecule has 0 spiro atoms. The highest BCUT2D eigenvalue weighted by molar-refractivity contribution is 6.32. The Morgan fingerprint density at radius 1 is 1.06 bits per heavy atom. The van der Waals surface area contributed by atoms with Crippen molar-refractivity contribution < 1.29 is 9.18 Å². The van der Waals surface area contributed by atoms with Crippen LogP contribution in [0.4, 0.5) is 15.8 Å². The number of aromatic nitrogens is 1. The molecule has 2 unspecified atom stereocenters. The summed E-state index contributed by atoms with van der Waals surface area (Å²) in [6.45, 7) is 6.24. The lowest BCUT2D eigenvalue weighted by atomic mass is 9.95. The number of hydrogen-bond acceptors (Lipinski definition) is 5. The first-order valence-electron chi connectivity index (χ1n) is 10.6. The van der Waals surface area contributed by atoms with Crippen molar-refractivity contribution in [3.63, 3.8) is 0 Å². The number of anilines is 2. The summed E-state index contributed by atoms with van der Waals surface area (Å²) in [5.74, 6) is -0.546. The van der Waals surface area contributed by atoms with E-state index >= 15 is 4.39 Å². The molecule has 2 saturated heterocycles. The van der Waals surface area contributed by atoms with Gasteiger partial charge in [-0.1, -0.05) is 11.6 Å². The van der Waals surface area contributed by atoms with Crippen LogP contribution in [0.2, 0.25) is 5.02 Å². The Morgan fingerprint density at radius 3 is 2.39 bits per heavy atom. The van der Waals surface area contributed by atoms with Gasteiger partial charge in [-0.3, -0.25) is 19.4 Å². The Kier molecular flexibility index (Phi) is 4.63. The molecule has 1 aromatic heterocycles. The van der Waals surface area contributed by atoms with E-state index in [-0.39, 0.29) is 29.1 Å². The fourth-order valence-corrected chi connectivity index (χ4v) is 5.43. The van der Waals surface area contributed by atoms with Crippen LogP contribution < -0.4 is 15.4 Å². The molecule has 5 rings (SSSR count). The number of nitrogens with zero attached hydrogens (tertiary/aromatic N) is 5. The quantitative estimate of drug-likeness (QED) is 0.667. The van der Waals surface area contributed by atoms with Crippen LogP contribution >= 0.6 is 11.6 Å². The van der Waals surface area contributed by atoms with Crippen molar-refractivity contribution in [1.82, 2.24) is 14.4 Å². The van der Waals surface area contributed by atoms with E-state index in [0.29, 0.717) is 53.5 Å². The third kappa shape index (κ3) is 2.78. The molecule has 166 valence electrons. The lowest BCUT2D eigenvalue weighted by Crippen LogP contribution is -2.70. The Hall–Kier alpha value is -2.16. The molecular weight excluding hydrogens is 421 g/mol. The molecule has 9 heteroatoms. The molecule has 0 radical (unpaired) electrons. The molecule has 1 aromatic carbocycles. The van der Waals surface area contributed by atoms with Crippen LogP contribution in [0.15, 0.2) is 10.9 Å². The molecule has 0 bridgehead atoms. The normalized spacial score (nSPS) is 25.1. The Labute approximate surface area is 185 Å². The third-order valence-corrected chi connectivity index (χ3v) is 7.65. The first kappa shape index (κ1) is 20.7. The van der Waals surface area contributed by atoms with Gasteiger partial charge in [0.15, 0.2) is 5.82 Å². The first-order chi connectivity index (χ1) is 14.6. The highest BCUT2D eigenvalue weighted by Gasteiger charge is 2.48. The Bertz CT molecular complexity index is 1180. The van der Waals surface area contributed by atoms with E-state index in [4.69, 9.17) is 11.6 Å². The largest absolute Gasteiger partial charge is 0.354 e. The smallest absolute Gasteiger partial charge is 0.277 e. The van der Waals surface area contributed by atoms with Crippen LogP contribution in [0.25, 0.3) is 10.9 Å². The summed E-state index contributed by atoms with van der Waals surface area (Å²) in [6, 6.07) is 1.44. The third-order valence-electron chi connectivity index (χ3n) is 7.25. The molecule has 31 heavy (non-hydrogen) atoms. The van der Waals surface area contributed by atoms with Crippen molar-refractivity contribution in [2.75, 3.05) is 50.1 Å². The topological polar surface area (TPSA) is 52.0 Å². The zero-order valence-electron chi connectivity index (χ0n) is 18.4. The number of fused-ring (bicyclic) bond motifs is 5. The molecule has 3 aliphatic rings. The van der Waals surface area contributed by atoms with Crippen LogP contribution in [-0.2, 0) is 11.8 Å². The average molecular weight is 448 g/mol. The maximum Gasteiger partial charge on any atom is 0.277 e. The number of carbonyl (C=O) groups is 1. The van der Waals surface area contributed by atoms with Crippen molar-refractivity contribution in [3.8, 4) is 0 Å². The lowest BCUT2D eigenvalue weighted by molar-refractivity contribution is -0.122.